The summed E-state index contributed by atoms with van der Waals surface area (Å²) < 4.78 is 11.0. The summed E-state index contributed by atoms with van der Waals surface area (Å²) in [7, 11) is 0. The van der Waals surface area contributed by atoms with Crippen LogP contribution in [0.15, 0.2) is 37.4 Å². The molecule has 0 aliphatic carbocycles. The molecule has 15 heavy (non-hydrogen) atoms. The van der Waals surface area contributed by atoms with Crippen molar-refractivity contribution >= 4 is 6.08 Å². The second-order valence-corrected chi connectivity index (χ2v) is 2.91. The van der Waals surface area contributed by atoms with Gasteiger partial charge in [0.25, 0.3) is 0 Å². The molecule has 0 bridgehead atoms. The first-order chi connectivity index (χ1) is 7.33. The Hall–Kier alpha value is -1.70. The van der Waals surface area contributed by atoms with Crippen LogP contribution in [0.1, 0.15) is 12.5 Å². The van der Waals surface area contributed by atoms with Crippen LogP contribution in [0, 0.1) is 0 Å². The highest BCUT2D eigenvalue weighted by Crippen LogP contribution is 2.31. The Bertz CT molecular complexity index is 342. The Morgan fingerprint density at radius 3 is 2.67 bits per heavy atom. The minimum atomic E-state index is 0.463. The van der Waals surface area contributed by atoms with Gasteiger partial charge in [-0.1, -0.05) is 37.4 Å². The van der Waals surface area contributed by atoms with Crippen LogP contribution in [-0.4, -0.2) is 13.2 Å². The third-order valence-electron chi connectivity index (χ3n) is 1.87. The van der Waals surface area contributed by atoms with E-state index in [1.165, 1.54) is 0 Å². The molecule has 2 heteroatoms. The summed E-state index contributed by atoms with van der Waals surface area (Å²) in [5.74, 6) is 1.48. The van der Waals surface area contributed by atoms with Gasteiger partial charge in [-0.05, 0) is 13.0 Å². The van der Waals surface area contributed by atoms with Gasteiger partial charge in [0.2, 0.25) is 0 Å². The predicted molar refractivity (Wildman–Crippen MR) is 63.4 cm³/mol. The van der Waals surface area contributed by atoms with E-state index >= 15 is 0 Å². The summed E-state index contributed by atoms with van der Waals surface area (Å²) in [5, 5.41) is 0. The molecule has 0 heterocycles. The monoisotopic (exact) mass is 204 g/mol. The third kappa shape index (κ3) is 2.88. The van der Waals surface area contributed by atoms with Crippen molar-refractivity contribution in [2.45, 2.75) is 6.92 Å². The molecule has 0 aromatic heterocycles. The van der Waals surface area contributed by atoms with Gasteiger partial charge in [-0.2, -0.15) is 0 Å². The predicted octanol–water partition coefficient (Wildman–Crippen LogP) is 3.29. The fourth-order valence-corrected chi connectivity index (χ4v) is 1.26. The Labute approximate surface area is 90.8 Å². The van der Waals surface area contributed by atoms with Crippen LogP contribution in [0.2, 0.25) is 0 Å². The fraction of sp³-hybridized carbons (Fsp3) is 0.231. The minimum Gasteiger partial charge on any atom is -0.490 e. The van der Waals surface area contributed by atoms with Crippen LogP contribution < -0.4 is 9.47 Å². The van der Waals surface area contributed by atoms with Gasteiger partial charge < -0.3 is 9.47 Å². The number of hydrogen-bond acceptors (Lipinski definition) is 2. The van der Waals surface area contributed by atoms with Gasteiger partial charge >= 0.3 is 0 Å². The number of hydrogen-bond donors (Lipinski definition) is 0. The second kappa shape index (κ2) is 5.91. The van der Waals surface area contributed by atoms with E-state index in [1.54, 1.807) is 12.2 Å². The molecule has 1 rings (SSSR count). The summed E-state index contributed by atoms with van der Waals surface area (Å²) in [6.45, 7) is 10.4. The lowest BCUT2D eigenvalue weighted by Crippen LogP contribution is -2.00. The van der Waals surface area contributed by atoms with Gasteiger partial charge in [0.05, 0.1) is 6.61 Å². The van der Waals surface area contributed by atoms with Crippen molar-refractivity contribution in [3.63, 3.8) is 0 Å². The molecule has 80 valence electrons. The molecule has 2 nitrogen and oxygen atoms in total. The van der Waals surface area contributed by atoms with Crippen LogP contribution in [0.25, 0.3) is 6.08 Å². The first kappa shape index (κ1) is 11.4. The van der Waals surface area contributed by atoms with E-state index in [4.69, 9.17) is 9.47 Å². The maximum Gasteiger partial charge on any atom is 0.168 e. The summed E-state index contributed by atoms with van der Waals surface area (Å²) in [6, 6.07) is 5.74. The largest absolute Gasteiger partial charge is 0.490 e. The number of ether oxygens (including phenoxy) is 2. The smallest absolute Gasteiger partial charge is 0.168 e. The number of rotatable bonds is 6. The molecule has 0 unspecified atom stereocenters. The maximum absolute atomic E-state index is 5.55. The van der Waals surface area contributed by atoms with Gasteiger partial charge in [0, 0.05) is 5.56 Å². The Kier molecular flexibility index (Phi) is 4.48. The standard InChI is InChI=1S/C13H16O2/c1-4-10-15-13-11(5-2)8-7-9-12(13)14-6-3/h4-5,7-9H,1-2,6,10H2,3H3. The molecule has 0 saturated heterocycles. The molecule has 0 fully saturated rings. The van der Waals surface area contributed by atoms with E-state index in [0.29, 0.717) is 13.2 Å². The van der Waals surface area contributed by atoms with Gasteiger partial charge in [0.15, 0.2) is 11.5 Å². The lowest BCUT2D eigenvalue weighted by atomic mass is 10.2. The Morgan fingerprint density at radius 2 is 2.07 bits per heavy atom. The average Bonchev–Trinajstić information content (AvgIpc) is 2.27. The van der Waals surface area contributed by atoms with Crippen molar-refractivity contribution in [1.29, 1.82) is 0 Å². The van der Waals surface area contributed by atoms with Crippen molar-refractivity contribution in [3.8, 4) is 11.5 Å². The van der Waals surface area contributed by atoms with Crippen molar-refractivity contribution in [2.24, 2.45) is 0 Å². The van der Waals surface area contributed by atoms with Crippen LogP contribution >= 0.6 is 0 Å². The zero-order valence-electron chi connectivity index (χ0n) is 9.03. The van der Waals surface area contributed by atoms with Gasteiger partial charge in [-0.25, -0.2) is 0 Å². The third-order valence-corrected chi connectivity index (χ3v) is 1.87. The van der Waals surface area contributed by atoms with Gasteiger partial charge in [-0.15, -0.1) is 0 Å². The lowest BCUT2D eigenvalue weighted by molar-refractivity contribution is 0.296. The Balaban J connectivity index is 3.02. The number of benzene rings is 1. The normalized spacial score (nSPS) is 9.40. The first-order valence-corrected chi connectivity index (χ1v) is 4.95. The van der Waals surface area contributed by atoms with E-state index in [1.807, 2.05) is 25.1 Å². The Morgan fingerprint density at radius 1 is 1.27 bits per heavy atom. The molecule has 0 N–H and O–H groups in total. The molecular formula is C13H16O2. The summed E-state index contributed by atoms with van der Waals surface area (Å²) in [6.07, 6.45) is 3.45. The molecule has 0 atom stereocenters. The summed E-state index contributed by atoms with van der Waals surface area (Å²) >= 11 is 0. The van der Waals surface area contributed by atoms with Crippen molar-refractivity contribution in [3.05, 3.63) is 43.0 Å². The molecular weight excluding hydrogens is 188 g/mol. The van der Waals surface area contributed by atoms with E-state index in [0.717, 1.165) is 17.1 Å². The van der Waals surface area contributed by atoms with Crippen molar-refractivity contribution < 1.29 is 9.47 Å². The topological polar surface area (TPSA) is 18.5 Å². The van der Waals surface area contributed by atoms with E-state index in [-0.39, 0.29) is 0 Å². The molecule has 0 spiro atoms. The molecule has 0 saturated carbocycles. The molecule has 0 amide bonds. The molecule has 1 aromatic carbocycles. The van der Waals surface area contributed by atoms with Crippen LogP contribution in [-0.2, 0) is 0 Å². The molecule has 1 aromatic rings. The van der Waals surface area contributed by atoms with Gasteiger partial charge in [-0.3, -0.25) is 0 Å². The second-order valence-electron chi connectivity index (χ2n) is 2.91. The molecule has 0 aliphatic rings. The zero-order valence-corrected chi connectivity index (χ0v) is 9.03. The van der Waals surface area contributed by atoms with Gasteiger partial charge in [0.1, 0.15) is 6.61 Å². The highest BCUT2D eigenvalue weighted by Gasteiger charge is 2.07. The first-order valence-electron chi connectivity index (χ1n) is 4.95. The van der Waals surface area contributed by atoms with Crippen molar-refractivity contribution in [1.82, 2.24) is 0 Å². The average molecular weight is 204 g/mol. The van der Waals surface area contributed by atoms with E-state index in [2.05, 4.69) is 13.2 Å². The highest BCUT2D eigenvalue weighted by molar-refractivity contribution is 5.61. The summed E-state index contributed by atoms with van der Waals surface area (Å²) in [4.78, 5) is 0. The molecule has 0 aliphatic heterocycles. The van der Waals surface area contributed by atoms with E-state index in [9.17, 15) is 0 Å². The van der Waals surface area contributed by atoms with E-state index < -0.39 is 0 Å². The number of para-hydroxylation sites is 1. The van der Waals surface area contributed by atoms with Crippen LogP contribution in [0.4, 0.5) is 0 Å². The summed E-state index contributed by atoms with van der Waals surface area (Å²) in [5.41, 5.74) is 0.933. The zero-order chi connectivity index (χ0) is 11.1. The quantitative estimate of drug-likeness (QED) is 0.662. The molecule has 0 radical (unpaired) electrons. The van der Waals surface area contributed by atoms with Crippen molar-refractivity contribution in [2.75, 3.05) is 13.2 Å². The minimum absolute atomic E-state index is 0.463. The van der Waals surface area contributed by atoms with Crippen LogP contribution in [0.5, 0.6) is 11.5 Å². The highest BCUT2D eigenvalue weighted by atomic mass is 16.5. The van der Waals surface area contributed by atoms with Crippen LogP contribution in [0.3, 0.4) is 0 Å². The lowest BCUT2D eigenvalue weighted by Gasteiger charge is -2.12. The SMILES string of the molecule is C=CCOc1c(C=C)cccc1OCC. The fourth-order valence-electron chi connectivity index (χ4n) is 1.26. The maximum atomic E-state index is 5.55.